The Morgan fingerprint density at radius 3 is 2.54 bits per heavy atom. The molecule has 1 aromatic carbocycles. The minimum atomic E-state index is -0.0399. The molecular formula is C19H19N3O2S2. The van der Waals surface area contributed by atoms with E-state index in [-0.39, 0.29) is 5.91 Å². The number of amides is 1. The van der Waals surface area contributed by atoms with Crippen LogP contribution in [0.4, 0.5) is 5.69 Å². The van der Waals surface area contributed by atoms with Crippen molar-refractivity contribution in [1.82, 2.24) is 9.80 Å². The van der Waals surface area contributed by atoms with E-state index >= 15 is 0 Å². The number of carbonyl (C=O) groups excluding carboxylic acids is 1. The lowest BCUT2D eigenvalue weighted by atomic mass is 10.2. The van der Waals surface area contributed by atoms with Crippen molar-refractivity contribution in [2.24, 2.45) is 0 Å². The van der Waals surface area contributed by atoms with E-state index in [9.17, 15) is 4.79 Å². The number of thioether (sulfide) groups is 1. The summed E-state index contributed by atoms with van der Waals surface area (Å²) >= 11 is 6.74. The van der Waals surface area contributed by atoms with Crippen molar-refractivity contribution in [2.45, 2.75) is 6.54 Å². The SMILES string of the molecule is O=C1C(=CN2CCN(c3ccccc3)CC2)SC(=S)N1Cc1ccco1. The lowest BCUT2D eigenvalue weighted by Gasteiger charge is -2.35. The Morgan fingerprint density at radius 2 is 1.85 bits per heavy atom. The maximum atomic E-state index is 12.7. The highest BCUT2D eigenvalue weighted by atomic mass is 32.2. The van der Waals surface area contributed by atoms with Crippen molar-refractivity contribution in [3.63, 3.8) is 0 Å². The van der Waals surface area contributed by atoms with Gasteiger partial charge in [0.1, 0.15) is 10.1 Å². The van der Waals surface area contributed by atoms with Crippen LogP contribution in [0.3, 0.4) is 0 Å². The third kappa shape index (κ3) is 3.64. The van der Waals surface area contributed by atoms with Gasteiger partial charge in [0.05, 0.1) is 17.7 Å². The van der Waals surface area contributed by atoms with E-state index in [2.05, 4.69) is 34.1 Å². The standard InChI is InChI=1S/C19H19N3O2S2/c23-18-17(26-19(25)22(18)13-16-7-4-12-24-16)14-20-8-10-21(11-9-20)15-5-2-1-3-6-15/h1-7,12,14H,8-11,13H2. The first-order valence-corrected chi connectivity index (χ1v) is 9.75. The molecule has 2 aliphatic heterocycles. The Kier molecular flexibility index (Phi) is 4.99. The number of nitrogens with zero attached hydrogens (tertiary/aromatic N) is 3. The Balaban J connectivity index is 1.38. The van der Waals surface area contributed by atoms with Crippen LogP contribution in [0.15, 0.2) is 64.2 Å². The van der Waals surface area contributed by atoms with Crippen molar-refractivity contribution in [3.8, 4) is 0 Å². The van der Waals surface area contributed by atoms with Crippen LogP contribution < -0.4 is 4.90 Å². The largest absolute Gasteiger partial charge is 0.467 e. The lowest BCUT2D eigenvalue weighted by Crippen LogP contribution is -2.44. The minimum Gasteiger partial charge on any atom is -0.467 e. The number of anilines is 1. The van der Waals surface area contributed by atoms with Gasteiger partial charge in [0.15, 0.2) is 0 Å². The van der Waals surface area contributed by atoms with Crippen LogP contribution in [-0.2, 0) is 11.3 Å². The fraction of sp³-hybridized carbons (Fsp3) is 0.263. The fourth-order valence-corrected chi connectivity index (χ4v) is 4.36. The van der Waals surface area contributed by atoms with Gasteiger partial charge < -0.3 is 14.2 Å². The molecule has 2 aromatic rings. The molecule has 0 aliphatic carbocycles. The van der Waals surface area contributed by atoms with E-state index in [1.165, 1.54) is 17.4 Å². The molecule has 3 heterocycles. The van der Waals surface area contributed by atoms with E-state index in [1.807, 2.05) is 24.4 Å². The summed E-state index contributed by atoms with van der Waals surface area (Å²) in [7, 11) is 0. The van der Waals surface area contributed by atoms with Gasteiger partial charge in [-0.25, -0.2) is 0 Å². The van der Waals surface area contributed by atoms with E-state index in [4.69, 9.17) is 16.6 Å². The zero-order valence-electron chi connectivity index (χ0n) is 14.2. The molecule has 134 valence electrons. The van der Waals surface area contributed by atoms with Crippen LogP contribution in [0.1, 0.15) is 5.76 Å². The highest BCUT2D eigenvalue weighted by molar-refractivity contribution is 8.26. The quantitative estimate of drug-likeness (QED) is 0.594. The first kappa shape index (κ1) is 17.2. The van der Waals surface area contributed by atoms with Gasteiger partial charge in [-0.15, -0.1) is 0 Å². The molecule has 2 aliphatic rings. The first-order chi connectivity index (χ1) is 12.7. The smallest absolute Gasteiger partial charge is 0.268 e. The highest BCUT2D eigenvalue weighted by Gasteiger charge is 2.33. The van der Waals surface area contributed by atoms with Gasteiger partial charge in [0.25, 0.3) is 5.91 Å². The van der Waals surface area contributed by atoms with E-state index < -0.39 is 0 Å². The molecule has 5 nitrogen and oxygen atoms in total. The van der Waals surface area contributed by atoms with Crippen molar-refractivity contribution < 1.29 is 9.21 Å². The van der Waals surface area contributed by atoms with E-state index in [0.29, 0.717) is 15.8 Å². The van der Waals surface area contributed by atoms with Gasteiger partial charge in [0.2, 0.25) is 0 Å². The van der Waals surface area contributed by atoms with Gasteiger partial charge >= 0.3 is 0 Å². The molecule has 7 heteroatoms. The number of piperazine rings is 1. The number of furan rings is 1. The third-order valence-electron chi connectivity index (χ3n) is 4.50. The molecule has 26 heavy (non-hydrogen) atoms. The van der Waals surface area contributed by atoms with Gasteiger partial charge in [0, 0.05) is 38.1 Å². The Bertz CT molecular complexity index is 813. The molecule has 0 atom stereocenters. The summed E-state index contributed by atoms with van der Waals surface area (Å²) in [5, 5.41) is 0. The first-order valence-electron chi connectivity index (χ1n) is 8.52. The second kappa shape index (κ2) is 7.55. The second-order valence-corrected chi connectivity index (χ2v) is 7.87. The summed E-state index contributed by atoms with van der Waals surface area (Å²) in [6.07, 6.45) is 3.57. The summed E-state index contributed by atoms with van der Waals surface area (Å²) in [4.78, 5) is 19.5. The lowest BCUT2D eigenvalue weighted by molar-refractivity contribution is -0.122. The Morgan fingerprint density at radius 1 is 1.08 bits per heavy atom. The number of hydrogen-bond donors (Lipinski definition) is 0. The maximum Gasteiger partial charge on any atom is 0.268 e. The Hall–Kier alpha value is -2.25. The van der Waals surface area contributed by atoms with Crippen molar-refractivity contribution in [3.05, 3.63) is 65.6 Å². The van der Waals surface area contributed by atoms with Crippen LogP contribution in [0, 0.1) is 0 Å². The summed E-state index contributed by atoms with van der Waals surface area (Å²) in [5.41, 5.74) is 1.25. The average Bonchev–Trinajstić information content (AvgIpc) is 3.27. The van der Waals surface area contributed by atoms with Crippen molar-refractivity contribution in [1.29, 1.82) is 0 Å². The monoisotopic (exact) mass is 385 g/mol. The average molecular weight is 386 g/mol. The predicted molar refractivity (Wildman–Crippen MR) is 108 cm³/mol. The Labute approximate surface area is 162 Å². The van der Waals surface area contributed by atoms with Gasteiger partial charge in [-0.3, -0.25) is 9.69 Å². The molecule has 0 unspecified atom stereocenters. The zero-order chi connectivity index (χ0) is 17.9. The minimum absolute atomic E-state index is 0.0399. The number of rotatable bonds is 4. The van der Waals surface area contributed by atoms with Crippen LogP contribution >= 0.6 is 24.0 Å². The molecular weight excluding hydrogens is 366 g/mol. The number of para-hydroxylation sites is 1. The van der Waals surface area contributed by atoms with Crippen molar-refractivity contribution >= 4 is 39.9 Å². The molecule has 0 radical (unpaired) electrons. The normalized spacial score (nSPS) is 19.7. The van der Waals surface area contributed by atoms with Gasteiger partial charge in [-0.1, -0.05) is 42.2 Å². The van der Waals surface area contributed by atoms with Crippen LogP contribution in [0.2, 0.25) is 0 Å². The molecule has 2 fully saturated rings. The predicted octanol–water partition coefficient (Wildman–Crippen LogP) is 3.30. The summed E-state index contributed by atoms with van der Waals surface area (Å²) < 4.78 is 5.92. The van der Waals surface area contributed by atoms with Crippen LogP contribution in [0.5, 0.6) is 0 Å². The summed E-state index contributed by atoms with van der Waals surface area (Å²) in [6.45, 7) is 4.03. The maximum absolute atomic E-state index is 12.7. The van der Waals surface area contributed by atoms with Gasteiger partial charge in [-0.2, -0.15) is 0 Å². The third-order valence-corrected chi connectivity index (χ3v) is 5.87. The topological polar surface area (TPSA) is 39.9 Å². The van der Waals surface area contributed by atoms with E-state index in [0.717, 1.165) is 31.9 Å². The molecule has 2 saturated heterocycles. The molecule has 4 rings (SSSR count). The van der Waals surface area contributed by atoms with Crippen molar-refractivity contribution in [2.75, 3.05) is 31.1 Å². The molecule has 1 amide bonds. The molecule has 0 bridgehead atoms. The summed E-state index contributed by atoms with van der Waals surface area (Å²) in [6, 6.07) is 14.1. The molecule has 1 aromatic heterocycles. The number of thiocarbonyl (C=S) groups is 1. The second-order valence-electron chi connectivity index (χ2n) is 6.19. The number of carbonyl (C=O) groups is 1. The summed E-state index contributed by atoms with van der Waals surface area (Å²) in [5.74, 6) is 0.695. The number of benzene rings is 1. The fourth-order valence-electron chi connectivity index (χ4n) is 3.10. The van der Waals surface area contributed by atoms with Crippen LogP contribution in [0.25, 0.3) is 0 Å². The molecule has 0 saturated carbocycles. The molecule has 0 spiro atoms. The number of hydrogen-bond acceptors (Lipinski definition) is 6. The molecule has 0 N–H and O–H groups in total. The zero-order valence-corrected chi connectivity index (χ0v) is 15.8. The van der Waals surface area contributed by atoms with Gasteiger partial charge in [-0.05, 0) is 24.3 Å². The van der Waals surface area contributed by atoms with Crippen LogP contribution in [-0.4, -0.2) is 46.2 Å². The highest BCUT2D eigenvalue weighted by Crippen LogP contribution is 2.32. The van der Waals surface area contributed by atoms with E-state index in [1.54, 1.807) is 11.2 Å².